The first-order chi connectivity index (χ1) is 12.3. The molecule has 26 heavy (non-hydrogen) atoms. The van der Waals surface area contributed by atoms with Gasteiger partial charge in [0.25, 0.3) is 0 Å². The van der Waals surface area contributed by atoms with Crippen LogP contribution in [0.5, 0.6) is 0 Å². The highest BCUT2D eigenvalue weighted by molar-refractivity contribution is 9.10. The number of sulfonamides is 1. The molecule has 5 nitrogen and oxygen atoms in total. The average Bonchev–Trinajstić information content (AvgIpc) is 2.99. The number of hydrogen-bond acceptors (Lipinski definition) is 3. The first kappa shape index (κ1) is 20.9. The Morgan fingerprint density at radius 3 is 2.88 bits per heavy atom. The van der Waals surface area contributed by atoms with Gasteiger partial charge < -0.3 is 5.11 Å². The normalized spacial score (nSPS) is 21.0. The Balaban J connectivity index is 1.79. The van der Waals surface area contributed by atoms with Crippen LogP contribution in [-0.4, -0.2) is 25.5 Å². The second kappa shape index (κ2) is 10.0. The van der Waals surface area contributed by atoms with Gasteiger partial charge in [0.05, 0.1) is 0 Å². The van der Waals surface area contributed by atoms with Crippen molar-refractivity contribution in [3.05, 3.63) is 51.9 Å². The lowest BCUT2D eigenvalue weighted by atomic mass is 10.1. The predicted octanol–water partition coefficient (Wildman–Crippen LogP) is 4.32. The number of carboxylic acids is 1. The molecule has 1 aromatic carbocycles. The van der Waals surface area contributed by atoms with Crippen molar-refractivity contribution in [1.82, 2.24) is 4.72 Å². The van der Waals surface area contributed by atoms with Crippen LogP contribution >= 0.6 is 15.9 Å². The maximum atomic E-state index is 12.2. The molecule has 0 amide bonds. The molecule has 0 heterocycles. The third-order valence-electron chi connectivity index (χ3n) is 4.26. The Bertz CT molecular complexity index is 773. The zero-order valence-electron chi connectivity index (χ0n) is 14.5. The van der Waals surface area contributed by atoms with Gasteiger partial charge in [0.1, 0.15) is 0 Å². The Morgan fingerprint density at radius 1 is 1.35 bits per heavy atom. The van der Waals surface area contributed by atoms with Crippen LogP contribution in [-0.2, 0) is 14.8 Å². The largest absolute Gasteiger partial charge is 0.481 e. The molecule has 0 bridgehead atoms. The van der Waals surface area contributed by atoms with Crippen LogP contribution in [0.15, 0.2) is 46.3 Å². The molecule has 1 aliphatic rings. The molecule has 7 heteroatoms. The molecule has 2 atom stereocenters. The SMILES string of the molecule is O=C(O)CCCC=CC1CCC(NS(=O)(=O)C=Cc2cccc(Br)c2)C1. The van der Waals surface area contributed by atoms with Gasteiger partial charge in [0.2, 0.25) is 10.0 Å². The number of nitrogens with one attached hydrogen (secondary N) is 1. The number of unbranched alkanes of at least 4 members (excludes halogenated alkanes) is 1. The van der Waals surface area contributed by atoms with Crippen molar-refractivity contribution in [2.45, 2.75) is 44.6 Å². The minimum absolute atomic E-state index is 0.0548. The number of allylic oxidation sites excluding steroid dienone is 2. The summed E-state index contributed by atoms with van der Waals surface area (Å²) in [5.74, 6) is -0.425. The highest BCUT2D eigenvalue weighted by Crippen LogP contribution is 2.27. The van der Waals surface area contributed by atoms with Crippen molar-refractivity contribution in [3.63, 3.8) is 0 Å². The van der Waals surface area contributed by atoms with E-state index in [9.17, 15) is 13.2 Å². The number of halogens is 1. The molecular weight excluding hydrogens is 418 g/mol. The summed E-state index contributed by atoms with van der Waals surface area (Å²) in [6.45, 7) is 0. The van der Waals surface area contributed by atoms with E-state index in [0.29, 0.717) is 12.3 Å². The van der Waals surface area contributed by atoms with Gasteiger partial charge in [-0.3, -0.25) is 4.79 Å². The van der Waals surface area contributed by atoms with Gasteiger partial charge in [-0.2, -0.15) is 0 Å². The topological polar surface area (TPSA) is 83.5 Å². The Kier molecular flexibility index (Phi) is 8.06. The molecule has 0 saturated heterocycles. The first-order valence-electron chi connectivity index (χ1n) is 8.68. The average molecular weight is 442 g/mol. The fourth-order valence-electron chi connectivity index (χ4n) is 3.01. The number of benzene rings is 1. The van der Waals surface area contributed by atoms with Crippen LogP contribution < -0.4 is 4.72 Å². The van der Waals surface area contributed by atoms with Gasteiger partial charge >= 0.3 is 5.97 Å². The zero-order valence-corrected chi connectivity index (χ0v) is 16.9. The summed E-state index contributed by atoms with van der Waals surface area (Å²) in [6.07, 6.45) is 9.78. The van der Waals surface area contributed by atoms with Crippen LogP contribution in [0.1, 0.15) is 44.1 Å². The van der Waals surface area contributed by atoms with Crippen LogP contribution in [0, 0.1) is 5.92 Å². The fourth-order valence-corrected chi connectivity index (χ4v) is 4.52. The summed E-state index contributed by atoms with van der Waals surface area (Å²) >= 11 is 3.36. The molecule has 1 fully saturated rings. The molecular formula is C19H24BrNO4S. The third-order valence-corrected chi connectivity index (χ3v) is 5.91. The minimum atomic E-state index is -3.47. The van der Waals surface area contributed by atoms with E-state index in [1.807, 2.05) is 30.3 Å². The Hall–Kier alpha value is -1.44. The number of aliphatic carboxylic acids is 1. The maximum Gasteiger partial charge on any atom is 0.303 e. The zero-order chi connectivity index (χ0) is 19.0. The second-order valence-corrected chi connectivity index (χ2v) is 9.02. The van der Waals surface area contributed by atoms with Gasteiger partial charge in [-0.1, -0.05) is 40.2 Å². The first-order valence-corrected chi connectivity index (χ1v) is 11.0. The van der Waals surface area contributed by atoms with E-state index in [2.05, 4.69) is 26.7 Å². The number of rotatable bonds is 9. The Morgan fingerprint density at radius 2 is 2.15 bits per heavy atom. The van der Waals surface area contributed by atoms with Gasteiger partial charge in [0, 0.05) is 22.3 Å². The summed E-state index contributed by atoms with van der Waals surface area (Å²) < 4.78 is 28.1. The van der Waals surface area contributed by atoms with Crippen molar-refractivity contribution in [3.8, 4) is 0 Å². The number of hydrogen-bond donors (Lipinski definition) is 2. The highest BCUT2D eigenvalue weighted by atomic mass is 79.9. The van der Waals surface area contributed by atoms with Crippen molar-refractivity contribution in [2.75, 3.05) is 0 Å². The quantitative estimate of drug-likeness (QED) is 0.441. The van der Waals surface area contributed by atoms with Crippen molar-refractivity contribution in [2.24, 2.45) is 5.92 Å². The van der Waals surface area contributed by atoms with Gasteiger partial charge in [-0.05, 0) is 61.8 Å². The van der Waals surface area contributed by atoms with E-state index in [-0.39, 0.29) is 12.5 Å². The van der Waals surface area contributed by atoms with E-state index >= 15 is 0 Å². The van der Waals surface area contributed by atoms with Gasteiger partial charge in [0.15, 0.2) is 0 Å². The maximum absolute atomic E-state index is 12.2. The second-order valence-electron chi connectivity index (χ2n) is 6.50. The van der Waals surface area contributed by atoms with E-state index in [0.717, 1.165) is 35.7 Å². The van der Waals surface area contributed by atoms with Gasteiger partial charge in [-0.25, -0.2) is 13.1 Å². The lowest BCUT2D eigenvalue weighted by Gasteiger charge is -2.10. The third kappa shape index (κ3) is 7.85. The summed E-state index contributed by atoms with van der Waals surface area (Å²) in [6, 6.07) is 7.39. The molecule has 0 aliphatic heterocycles. The van der Waals surface area contributed by atoms with Crippen molar-refractivity contribution < 1.29 is 18.3 Å². The molecule has 0 spiro atoms. The monoisotopic (exact) mass is 441 g/mol. The van der Waals surface area contributed by atoms with Crippen LogP contribution in [0.2, 0.25) is 0 Å². The summed E-state index contributed by atoms with van der Waals surface area (Å²) in [7, 11) is -3.47. The summed E-state index contributed by atoms with van der Waals surface area (Å²) in [5.41, 5.74) is 0.818. The summed E-state index contributed by atoms with van der Waals surface area (Å²) in [4.78, 5) is 10.5. The highest BCUT2D eigenvalue weighted by Gasteiger charge is 2.25. The number of carbonyl (C=O) groups is 1. The van der Waals surface area contributed by atoms with Crippen molar-refractivity contribution >= 4 is 38.0 Å². The smallest absolute Gasteiger partial charge is 0.303 e. The van der Waals surface area contributed by atoms with E-state index in [1.54, 1.807) is 6.08 Å². The van der Waals surface area contributed by atoms with Crippen molar-refractivity contribution in [1.29, 1.82) is 0 Å². The molecule has 142 valence electrons. The van der Waals surface area contributed by atoms with E-state index in [1.165, 1.54) is 5.41 Å². The molecule has 1 saturated carbocycles. The standard InChI is InChI=1S/C19H24BrNO4S/c20-17-7-4-6-16(13-17)11-12-26(24,25)21-18-10-9-15(14-18)5-2-1-3-8-19(22)23/h2,4-7,11-13,15,18,21H,1,3,8-10,14H2,(H,22,23). The molecule has 1 aromatic rings. The fraction of sp³-hybridized carbons (Fsp3) is 0.421. The minimum Gasteiger partial charge on any atom is -0.481 e. The molecule has 1 aliphatic carbocycles. The lowest BCUT2D eigenvalue weighted by Crippen LogP contribution is -2.31. The molecule has 0 aromatic heterocycles. The van der Waals surface area contributed by atoms with Crippen LogP contribution in [0.25, 0.3) is 6.08 Å². The Labute approximate surface area is 163 Å². The van der Waals surface area contributed by atoms with Gasteiger partial charge in [-0.15, -0.1) is 0 Å². The van der Waals surface area contributed by atoms with Crippen LogP contribution in [0.4, 0.5) is 0 Å². The molecule has 0 radical (unpaired) electrons. The van der Waals surface area contributed by atoms with E-state index < -0.39 is 16.0 Å². The lowest BCUT2D eigenvalue weighted by molar-refractivity contribution is -0.137. The molecule has 2 rings (SSSR count). The molecule has 2 unspecified atom stereocenters. The van der Waals surface area contributed by atoms with Crippen LogP contribution in [0.3, 0.4) is 0 Å². The number of carboxylic acid groups (broad SMARTS) is 1. The van der Waals surface area contributed by atoms with E-state index in [4.69, 9.17) is 5.11 Å². The molecule has 2 N–H and O–H groups in total. The predicted molar refractivity (Wildman–Crippen MR) is 107 cm³/mol. The summed E-state index contributed by atoms with van der Waals surface area (Å²) in [5, 5.41) is 9.81.